The highest BCUT2D eigenvalue weighted by Gasteiger charge is 2.44. The van der Waals surface area contributed by atoms with Crippen LogP contribution in [-0.4, -0.2) is 55.5 Å². The third-order valence-electron chi connectivity index (χ3n) is 5.34. The Balaban J connectivity index is 1.70. The smallest absolute Gasteiger partial charge is 0.194 e. The SMILES string of the molecule is CCN=C(NC1CC1c1ccccc1C)N1CCS(=O)(=O)C(C)(C)C1. The van der Waals surface area contributed by atoms with E-state index in [9.17, 15) is 8.42 Å². The van der Waals surface area contributed by atoms with Gasteiger partial charge in [0.25, 0.3) is 0 Å². The van der Waals surface area contributed by atoms with Gasteiger partial charge in [-0.1, -0.05) is 24.3 Å². The van der Waals surface area contributed by atoms with Gasteiger partial charge in [0, 0.05) is 31.6 Å². The van der Waals surface area contributed by atoms with Crippen LogP contribution in [-0.2, 0) is 9.84 Å². The zero-order chi connectivity index (χ0) is 18.2. The lowest BCUT2D eigenvalue weighted by molar-refractivity contribution is 0.352. The molecule has 1 aliphatic heterocycles. The number of hydrogen-bond acceptors (Lipinski definition) is 3. The topological polar surface area (TPSA) is 61.8 Å². The molecule has 1 aromatic carbocycles. The van der Waals surface area contributed by atoms with Crippen LogP contribution in [0.15, 0.2) is 29.3 Å². The highest BCUT2D eigenvalue weighted by atomic mass is 32.2. The van der Waals surface area contributed by atoms with Crippen molar-refractivity contribution < 1.29 is 8.42 Å². The summed E-state index contributed by atoms with van der Waals surface area (Å²) >= 11 is 0. The number of rotatable bonds is 3. The van der Waals surface area contributed by atoms with Gasteiger partial charge in [0.2, 0.25) is 0 Å². The molecule has 1 heterocycles. The number of sulfone groups is 1. The first-order valence-corrected chi connectivity index (χ1v) is 10.7. The Kier molecular flexibility index (Phi) is 4.84. The molecular weight excluding hydrogens is 334 g/mol. The first kappa shape index (κ1) is 18.2. The minimum atomic E-state index is -3.04. The molecule has 1 N–H and O–H groups in total. The lowest BCUT2D eigenvalue weighted by Gasteiger charge is -2.39. The molecule has 5 nitrogen and oxygen atoms in total. The Hall–Kier alpha value is -1.56. The molecule has 0 aromatic heterocycles. The monoisotopic (exact) mass is 363 g/mol. The van der Waals surface area contributed by atoms with Crippen molar-refractivity contribution in [3.8, 4) is 0 Å². The van der Waals surface area contributed by atoms with Crippen molar-refractivity contribution >= 4 is 15.8 Å². The summed E-state index contributed by atoms with van der Waals surface area (Å²) in [6.45, 7) is 9.48. The van der Waals surface area contributed by atoms with Gasteiger partial charge in [-0.25, -0.2) is 8.42 Å². The molecule has 0 amide bonds. The Morgan fingerprint density at radius 3 is 2.72 bits per heavy atom. The predicted octanol–water partition coefficient (Wildman–Crippen LogP) is 2.33. The minimum Gasteiger partial charge on any atom is -0.353 e. The number of aliphatic imine (C=N–C) groups is 1. The van der Waals surface area contributed by atoms with Crippen molar-refractivity contribution in [3.05, 3.63) is 35.4 Å². The number of guanidine groups is 1. The lowest BCUT2D eigenvalue weighted by atomic mass is 10.0. The van der Waals surface area contributed by atoms with E-state index in [1.165, 1.54) is 11.1 Å². The van der Waals surface area contributed by atoms with Crippen LogP contribution in [0.5, 0.6) is 0 Å². The lowest BCUT2D eigenvalue weighted by Crippen LogP contribution is -2.57. The van der Waals surface area contributed by atoms with Crippen LogP contribution >= 0.6 is 0 Å². The van der Waals surface area contributed by atoms with Crippen molar-refractivity contribution in [2.75, 3.05) is 25.4 Å². The molecular formula is C19H29N3O2S. The Bertz CT molecular complexity index is 771. The van der Waals surface area contributed by atoms with Gasteiger partial charge in [-0.2, -0.15) is 0 Å². The summed E-state index contributed by atoms with van der Waals surface area (Å²) in [5.74, 6) is 1.56. The van der Waals surface area contributed by atoms with E-state index in [2.05, 4.69) is 46.4 Å². The summed E-state index contributed by atoms with van der Waals surface area (Å²) in [6, 6.07) is 8.91. The molecule has 138 valence electrons. The van der Waals surface area contributed by atoms with Crippen LogP contribution in [0.25, 0.3) is 0 Å². The average molecular weight is 364 g/mol. The molecule has 1 saturated heterocycles. The molecule has 3 rings (SSSR count). The third-order valence-corrected chi connectivity index (χ3v) is 7.88. The van der Waals surface area contributed by atoms with Gasteiger partial charge in [0.15, 0.2) is 15.8 Å². The first-order valence-electron chi connectivity index (χ1n) is 9.09. The standard InChI is InChI=1S/C19H29N3O2S/c1-5-20-18(22-10-11-25(23,24)19(3,4)13-22)21-17-12-16(17)15-9-7-6-8-14(15)2/h6-9,16-17H,5,10-13H2,1-4H3,(H,20,21). The van der Waals surface area contributed by atoms with E-state index in [1.54, 1.807) is 0 Å². The van der Waals surface area contributed by atoms with Gasteiger partial charge >= 0.3 is 0 Å². The van der Waals surface area contributed by atoms with Gasteiger partial charge in [-0.3, -0.25) is 4.99 Å². The fraction of sp³-hybridized carbons (Fsp3) is 0.632. The maximum atomic E-state index is 12.3. The Labute approximate surface area is 151 Å². The molecule has 0 radical (unpaired) electrons. The van der Waals surface area contributed by atoms with Crippen molar-refractivity contribution in [1.82, 2.24) is 10.2 Å². The van der Waals surface area contributed by atoms with Crippen LogP contribution in [0.1, 0.15) is 44.2 Å². The van der Waals surface area contributed by atoms with Gasteiger partial charge in [0.1, 0.15) is 0 Å². The summed E-state index contributed by atoms with van der Waals surface area (Å²) < 4.78 is 23.8. The highest BCUT2D eigenvalue weighted by molar-refractivity contribution is 7.92. The molecule has 1 aromatic rings. The molecule has 2 atom stereocenters. The molecule has 25 heavy (non-hydrogen) atoms. The van der Waals surface area contributed by atoms with Gasteiger partial charge in [-0.05, 0) is 45.2 Å². The molecule has 1 aliphatic carbocycles. The number of benzene rings is 1. The second-order valence-corrected chi connectivity index (χ2v) is 10.5. The minimum absolute atomic E-state index is 0.191. The second kappa shape index (κ2) is 6.63. The summed E-state index contributed by atoms with van der Waals surface area (Å²) in [6.07, 6.45) is 1.10. The molecule has 2 fully saturated rings. The summed E-state index contributed by atoms with van der Waals surface area (Å²) in [4.78, 5) is 6.74. The second-order valence-electron chi connectivity index (χ2n) is 7.75. The molecule has 0 spiro atoms. The molecule has 6 heteroatoms. The maximum absolute atomic E-state index is 12.3. The summed E-state index contributed by atoms with van der Waals surface area (Å²) in [7, 11) is -3.04. The quantitative estimate of drug-likeness (QED) is 0.661. The van der Waals surface area contributed by atoms with E-state index in [0.29, 0.717) is 31.6 Å². The van der Waals surface area contributed by atoms with Crippen LogP contribution in [0.2, 0.25) is 0 Å². The van der Waals surface area contributed by atoms with E-state index < -0.39 is 14.6 Å². The maximum Gasteiger partial charge on any atom is 0.194 e. The van der Waals surface area contributed by atoms with Gasteiger partial charge < -0.3 is 10.2 Å². The van der Waals surface area contributed by atoms with Gasteiger partial charge in [0.05, 0.1) is 10.5 Å². The van der Waals surface area contributed by atoms with Crippen LogP contribution < -0.4 is 5.32 Å². The fourth-order valence-electron chi connectivity index (χ4n) is 3.58. The summed E-state index contributed by atoms with van der Waals surface area (Å²) in [5.41, 5.74) is 2.73. The van der Waals surface area contributed by atoms with E-state index in [1.807, 2.05) is 20.8 Å². The van der Waals surface area contributed by atoms with Crippen molar-refractivity contribution in [2.45, 2.75) is 50.8 Å². The van der Waals surface area contributed by atoms with Crippen molar-refractivity contribution in [2.24, 2.45) is 4.99 Å². The number of hydrogen-bond donors (Lipinski definition) is 1. The van der Waals surface area contributed by atoms with E-state index in [-0.39, 0.29) is 5.75 Å². The van der Waals surface area contributed by atoms with Crippen molar-refractivity contribution in [1.29, 1.82) is 0 Å². The fourth-order valence-corrected chi connectivity index (χ4v) is 4.94. The van der Waals surface area contributed by atoms with Crippen LogP contribution in [0, 0.1) is 6.92 Å². The van der Waals surface area contributed by atoms with E-state index >= 15 is 0 Å². The molecule has 0 bridgehead atoms. The Morgan fingerprint density at radius 1 is 1.36 bits per heavy atom. The first-order chi connectivity index (χ1) is 11.7. The number of aryl methyl sites for hydroxylation is 1. The molecule has 2 unspecified atom stereocenters. The van der Waals surface area contributed by atoms with Crippen LogP contribution in [0.3, 0.4) is 0 Å². The van der Waals surface area contributed by atoms with Crippen LogP contribution in [0.4, 0.5) is 0 Å². The zero-order valence-corrected chi connectivity index (χ0v) is 16.4. The zero-order valence-electron chi connectivity index (χ0n) is 15.6. The van der Waals surface area contributed by atoms with E-state index in [4.69, 9.17) is 0 Å². The largest absolute Gasteiger partial charge is 0.353 e. The average Bonchev–Trinajstić information content (AvgIpc) is 3.29. The summed E-state index contributed by atoms with van der Waals surface area (Å²) in [5, 5.41) is 3.58. The Morgan fingerprint density at radius 2 is 2.08 bits per heavy atom. The highest BCUT2D eigenvalue weighted by Crippen LogP contribution is 2.42. The van der Waals surface area contributed by atoms with Crippen molar-refractivity contribution in [3.63, 3.8) is 0 Å². The number of nitrogens with zero attached hydrogens (tertiary/aromatic N) is 2. The predicted molar refractivity (Wildman–Crippen MR) is 103 cm³/mol. The van der Waals surface area contributed by atoms with E-state index in [0.717, 1.165) is 12.4 Å². The van der Waals surface area contributed by atoms with Gasteiger partial charge in [-0.15, -0.1) is 0 Å². The molecule has 2 aliphatic rings. The third kappa shape index (κ3) is 3.68. The number of nitrogens with one attached hydrogen (secondary N) is 1. The molecule has 1 saturated carbocycles. The normalized spacial score (nSPS) is 27.8.